The fraction of sp³-hybridized carbons (Fsp3) is 0.333. The number of nitrogens with zero attached hydrogens (tertiary/aromatic N) is 1. The largest absolute Gasteiger partial charge is 0.292 e. The lowest BCUT2D eigenvalue weighted by Crippen LogP contribution is -2.52. The maximum atomic E-state index is 13.3. The topological polar surface area (TPSA) is 71.5 Å². The zero-order valence-corrected chi connectivity index (χ0v) is 16.7. The van der Waals surface area contributed by atoms with Crippen LogP contribution in [-0.2, 0) is 0 Å². The molecule has 5 nitrogen and oxygen atoms in total. The summed E-state index contributed by atoms with van der Waals surface area (Å²) in [5, 5.41) is 0. The maximum absolute atomic E-state index is 13.3. The molecule has 148 valence electrons. The molecule has 2 aliphatic rings. The summed E-state index contributed by atoms with van der Waals surface area (Å²) >= 11 is 0. The van der Waals surface area contributed by atoms with Crippen LogP contribution >= 0.6 is 0 Å². The number of benzene rings is 2. The molecule has 2 aromatic rings. The van der Waals surface area contributed by atoms with Crippen LogP contribution in [0.15, 0.2) is 42.5 Å². The second-order valence-corrected chi connectivity index (χ2v) is 8.23. The van der Waals surface area contributed by atoms with Crippen molar-refractivity contribution in [2.45, 2.75) is 38.6 Å². The Labute approximate surface area is 169 Å². The predicted molar refractivity (Wildman–Crippen MR) is 109 cm³/mol. The van der Waals surface area contributed by atoms with E-state index in [9.17, 15) is 19.2 Å². The number of hydrogen-bond donors (Lipinski definition) is 0. The summed E-state index contributed by atoms with van der Waals surface area (Å²) in [6, 6.07) is 10.9. The van der Waals surface area contributed by atoms with Crippen LogP contribution in [0.25, 0.3) is 0 Å². The van der Waals surface area contributed by atoms with Gasteiger partial charge in [-0.05, 0) is 51.9 Å². The highest BCUT2D eigenvalue weighted by Gasteiger charge is 2.37. The van der Waals surface area contributed by atoms with Crippen LogP contribution in [0.3, 0.4) is 0 Å². The normalized spacial score (nSPS) is 17.5. The van der Waals surface area contributed by atoms with Crippen LogP contribution in [0.2, 0.25) is 0 Å². The molecule has 0 aromatic heterocycles. The average Bonchev–Trinajstić information content (AvgIpc) is 2.84. The van der Waals surface area contributed by atoms with Crippen LogP contribution in [0, 0.1) is 0 Å². The van der Waals surface area contributed by atoms with Crippen LogP contribution in [-0.4, -0.2) is 46.7 Å². The number of carbonyl (C=O) groups is 4. The fourth-order valence-corrected chi connectivity index (χ4v) is 4.29. The minimum Gasteiger partial charge on any atom is -0.292 e. The van der Waals surface area contributed by atoms with E-state index in [2.05, 4.69) is 4.90 Å². The summed E-state index contributed by atoms with van der Waals surface area (Å²) in [6.45, 7) is 5.49. The second kappa shape index (κ2) is 7.16. The van der Waals surface area contributed by atoms with Crippen LogP contribution in [0.1, 0.15) is 80.1 Å². The van der Waals surface area contributed by atoms with Gasteiger partial charge in [-0.15, -0.1) is 0 Å². The summed E-state index contributed by atoms with van der Waals surface area (Å²) in [6.07, 6.45) is 3.28. The smallest absolute Gasteiger partial charge is 0.234 e. The zero-order valence-electron chi connectivity index (χ0n) is 16.7. The van der Waals surface area contributed by atoms with Gasteiger partial charge in [0.25, 0.3) is 0 Å². The summed E-state index contributed by atoms with van der Waals surface area (Å²) in [5.74, 6) is -1.95. The number of piperidine rings is 1. The second-order valence-electron chi connectivity index (χ2n) is 8.23. The molecule has 0 radical (unpaired) electrons. The first kappa shape index (κ1) is 19.4. The Kier molecular flexibility index (Phi) is 4.79. The molecule has 0 spiro atoms. The molecule has 0 atom stereocenters. The molecular formula is C24H23NO4. The average molecular weight is 389 g/mol. The zero-order chi connectivity index (χ0) is 20.8. The van der Waals surface area contributed by atoms with Crippen molar-refractivity contribution < 1.29 is 19.2 Å². The SMILES string of the molecule is CC(C)(C(=O)c1ccc2c(c1)C(=O)C(=O)c1ccccc1C2=O)N1CCCCC1. The molecule has 4 rings (SSSR count). The minimum absolute atomic E-state index is 0.0106. The van der Waals surface area contributed by atoms with E-state index in [1.54, 1.807) is 24.3 Å². The minimum atomic E-state index is -0.747. The molecule has 0 saturated carbocycles. The molecule has 0 N–H and O–H groups in total. The van der Waals surface area contributed by atoms with Gasteiger partial charge in [0.1, 0.15) is 0 Å². The third kappa shape index (κ3) is 3.15. The lowest BCUT2D eigenvalue weighted by Gasteiger charge is -2.39. The Hall–Kier alpha value is -2.92. The lowest BCUT2D eigenvalue weighted by molar-refractivity contribution is 0.0579. The van der Waals surface area contributed by atoms with Gasteiger partial charge in [-0.3, -0.25) is 24.1 Å². The van der Waals surface area contributed by atoms with E-state index in [4.69, 9.17) is 0 Å². The molecule has 0 unspecified atom stereocenters. The van der Waals surface area contributed by atoms with Crippen molar-refractivity contribution in [3.05, 3.63) is 70.3 Å². The third-order valence-electron chi connectivity index (χ3n) is 6.10. The van der Waals surface area contributed by atoms with Gasteiger partial charge in [-0.2, -0.15) is 0 Å². The molecular weight excluding hydrogens is 366 g/mol. The number of likely N-dealkylation sites (tertiary alicyclic amines) is 1. The van der Waals surface area contributed by atoms with Crippen LogP contribution in [0.4, 0.5) is 0 Å². The van der Waals surface area contributed by atoms with Crippen molar-refractivity contribution >= 4 is 23.1 Å². The standard InChI is InChI=1S/C24H23NO4/c1-24(2,25-12-6-3-7-13-25)23(29)15-10-11-18-19(14-15)22(28)21(27)17-9-5-4-8-16(17)20(18)26/h4-5,8-11,14H,3,6-7,12-13H2,1-2H3. The molecule has 5 heteroatoms. The van der Waals surface area contributed by atoms with Gasteiger partial charge in [0.2, 0.25) is 11.6 Å². The number of fused-ring (bicyclic) bond motifs is 2. The molecule has 1 aliphatic carbocycles. The van der Waals surface area contributed by atoms with E-state index in [1.165, 1.54) is 24.6 Å². The Morgan fingerprint density at radius 1 is 0.759 bits per heavy atom. The van der Waals surface area contributed by atoms with Gasteiger partial charge in [0, 0.05) is 27.8 Å². The highest BCUT2D eigenvalue weighted by atomic mass is 16.2. The van der Waals surface area contributed by atoms with Crippen molar-refractivity contribution in [3.63, 3.8) is 0 Å². The van der Waals surface area contributed by atoms with E-state index in [-0.39, 0.29) is 33.8 Å². The summed E-state index contributed by atoms with van der Waals surface area (Å²) < 4.78 is 0. The lowest BCUT2D eigenvalue weighted by atomic mass is 9.87. The first-order valence-electron chi connectivity index (χ1n) is 9.99. The van der Waals surface area contributed by atoms with Gasteiger partial charge >= 0.3 is 0 Å². The number of Topliss-reactive ketones (excluding diaryl/α,β-unsaturated/α-hetero) is 3. The fourth-order valence-electron chi connectivity index (χ4n) is 4.29. The molecule has 1 aliphatic heterocycles. The molecule has 1 saturated heterocycles. The van der Waals surface area contributed by atoms with Crippen molar-refractivity contribution in [2.75, 3.05) is 13.1 Å². The van der Waals surface area contributed by atoms with E-state index in [1.807, 2.05) is 13.8 Å². The Bertz CT molecular complexity index is 1040. The first-order valence-corrected chi connectivity index (χ1v) is 9.99. The number of ketones is 4. The molecule has 29 heavy (non-hydrogen) atoms. The van der Waals surface area contributed by atoms with Crippen molar-refractivity contribution in [1.29, 1.82) is 0 Å². The number of rotatable bonds is 3. The van der Waals surface area contributed by atoms with E-state index in [0.29, 0.717) is 5.56 Å². The Morgan fingerprint density at radius 2 is 1.31 bits per heavy atom. The molecule has 1 fully saturated rings. The summed E-state index contributed by atoms with van der Waals surface area (Å²) in [5.41, 5.74) is 0.133. The number of carbonyl (C=O) groups excluding carboxylic acids is 4. The molecule has 1 heterocycles. The van der Waals surface area contributed by atoms with Gasteiger partial charge in [-0.1, -0.05) is 36.8 Å². The van der Waals surface area contributed by atoms with Crippen molar-refractivity contribution in [1.82, 2.24) is 4.90 Å². The van der Waals surface area contributed by atoms with Gasteiger partial charge in [0.05, 0.1) is 5.54 Å². The van der Waals surface area contributed by atoms with Gasteiger partial charge in [-0.25, -0.2) is 0 Å². The van der Waals surface area contributed by atoms with E-state index in [0.717, 1.165) is 25.9 Å². The quantitative estimate of drug-likeness (QED) is 0.591. The Balaban J connectivity index is 1.76. The summed E-state index contributed by atoms with van der Waals surface area (Å²) in [7, 11) is 0. The van der Waals surface area contributed by atoms with E-state index >= 15 is 0 Å². The monoisotopic (exact) mass is 389 g/mol. The third-order valence-corrected chi connectivity index (χ3v) is 6.10. The summed E-state index contributed by atoms with van der Waals surface area (Å²) in [4.78, 5) is 53.9. The van der Waals surface area contributed by atoms with Crippen molar-refractivity contribution in [2.24, 2.45) is 0 Å². The Morgan fingerprint density at radius 3 is 1.97 bits per heavy atom. The maximum Gasteiger partial charge on any atom is 0.234 e. The molecule has 0 bridgehead atoms. The van der Waals surface area contributed by atoms with E-state index < -0.39 is 17.1 Å². The van der Waals surface area contributed by atoms with Crippen LogP contribution in [0.5, 0.6) is 0 Å². The van der Waals surface area contributed by atoms with Crippen molar-refractivity contribution in [3.8, 4) is 0 Å². The molecule has 0 amide bonds. The highest BCUT2D eigenvalue weighted by Crippen LogP contribution is 2.29. The first-order chi connectivity index (χ1) is 13.8. The van der Waals surface area contributed by atoms with Crippen LogP contribution < -0.4 is 0 Å². The molecule has 2 aromatic carbocycles. The van der Waals surface area contributed by atoms with Gasteiger partial charge < -0.3 is 0 Å². The highest BCUT2D eigenvalue weighted by molar-refractivity contribution is 6.53. The van der Waals surface area contributed by atoms with Gasteiger partial charge in [0.15, 0.2) is 11.6 Å². The number of hydrogen-bond acceptors (Lipinski definition) is 5. The predicted octanol–water partition coefficient (Wildman–Crippen LogP) is 3.74.